The number of nitrogens with two attached hydrogens (primary N) is 2. The first kappa shape index (κ1) is 36.3. The molecule has 2 aromatic rings. The second kappa shape index (κ2) is 22.0. The maximum Gasteiger partial charge on any atom is 0.416 e. The summed E-state index contributed by atoms with van der Waals surface area (Å²) < 4.78 is 47.7. The highest BCUT2D eigenvalue weighted by molar-refractivity contribution is 6.30. The number of rotatable bonds is 18. The van der Waals surface area contributed by atoms with Crippen LogP contribution in [0.5, 0.6) is 0 Å². The molecule has 4 N–H and O–H groups in total. The van der Waals surface area contributed by atoms with Crippen molar-refractivity contribution in [3.05, 3.63) is 70.2 Å². The normalized spacial score (nSPS) is 12.1. The van der Waals surface area contributed by atoms with Crippen molar-refractivity contribution in [3.63, 3.8) is 0 Å². The lowest BCUT2D eigenvalue weighted by atomic mass is 10.0. The van der Waals surface area contributed by atoms with Gasteiger partial charge in [0.2, 0.25) is 0 Å². The predicted octanol–water partition coefficient (Wildman–Crippen LogP) is 6.04. The summed E-state index contributed by atoms with van der Waals surface area (Å²) in [5, 5.41) is 8.86. The standard InChI is InChI=1S/C15H21F3N2O2.C14H21ClN2O2/c1-21-10-3-2-4-14(20-22-11-9-19)12-5-7-13(8-6-12)15(16,17)18;1-18-10-3-2-4-14(17-19-11-9-16)12-5-7-13(15)8-6-12/h5-8H,2-4,9-11,19H2,1H3;5-8H,2-4,9-11,16H2,1H3/b20-14+;17-14+. The van der Waals surface area contributed by atoms with Crippen molar-refractivity contribution >= 4 is 23.0 Å². The van der Waals surface area contributed by atoms with Gasteiger partial charge in [0.05, 0.1) is 17.0 Å². The molecule has 0 aliphatic heterocycles. The Kier molecular flexibility index (Phi) is 19.5. The number of ether oxygens (including phenoxy) is 2. The highest BCUT2D eigenvalue weighted by Gasteiger charge is 2.30. The minimum absolute atomic E-state index is 0.266. The average Bonchev–Trinajstić information content (AvgIpc) is 2.96. The van der Waals surface area contributed by atoms with Crippen LogP contribution in [0.25, 0.3) is 0 Å². The summed E-state index contributed by atoms with van der Waals surface area (Å²) in [4.78, 5) is 10.2. The number of hydrogen-bond acceptors (Lipinski definition) is 8. The molecule has 0 spiro atoms. The second-order valence-corrected chi connectivity index (χ2v) is 9.24. The van der Waals surface area contributed by atoms with Crippen molar-refractivity contribution in [2.24, 2.45) is 21.8 Å². The van der Waals surface area contributed by atoms with Gasteiger partial charge >= 0.3 is 6.18 Å². The van der Waals surface area contributed by atoms with Crippen LogP contribution in [0.4, 0.5) is 13.2 Å². The Morgan fingerprint density at radius 2 is 1.10 bits per heavy atom. The van der Waals surface area contributed by atoms with E-state index in [2.05, 4.69) is 10.3 Å². The Hall–Kier alpha value is -2.70. The maximum absolute atomic E-state index is 12.6. The molecule has 8 nitrogen and oxygen atoms in total. The van der Waals surface area contributed by atoms with Gasteiger partial charge in [-0.05, 0) is 73.9 Å². The van der Waals surface area contributed by atoms with Crippen molar-refractivity contribution in [3.8, 4) is 0 Å². The highest BCUT2D eigenvalue weighted by Crippen LogP contribution is 2.29. The third-order valence-electron chi connectivity index (χ3n) is 5.51. The molecule has 230 valence electrons. The number of alkyl halides is 3. The predicted molar refractivity (Wildman–Crippen MR) is 157 cm³/mol. The van der Waals surface area contributed by atoms with Crippen LogP contribution in [0.2, 0.25) is 5.02 Å². The average molecular weight is 603 g/mol. The lowest BCUT2D eigenvalue weighted by Gasteiger charge is -2.10. The Bertz CT molecular complexity index is 1000. The Morgan fingerprint density at radius 3 is 1.46 bits per heavy atom. The van der Waals surface area contributed by atoms with Crippen molar-refractivity contribution in [1.29, 1.82) is 0 Å². The van der Waals surface area contributed by atoms with Gasteiger partial charge in [-0.1, -0.05) is 46.2 Å². The first-order chi connectivity index (χ1) is 19.8. The monoisotopic (exact) mass is 602 g/mol. The van der Waals surface area contributed by atoms with E-state index in [4.69, 9.17) is 42.2 Å². The molecule has 0 amide bonds. The van der Waals surface area contributed by atoms with E-state index >= 15 is 0 Å². The Balaban J connectivity index is 0.000000414. The molecule has 0 aliphatic rings. The zero-order chi connectivity index (χ0) is 30.3. The van der Waals surface area contributed by atoms with Crippen LogP contribution >= 0.6 is 11.6 Å². The van der Waals surface area contributed by atoms with Gasteiger partial charge < -0.3 is 30.6 Å². The molecule has 0 saturated carbocycles. The fraction of sp³-hybridized carbons (Fsp3) is 0.517. The van der Waals surface area contributed by atoms with Crippen molar-refractivity contribution < 1.29 is 32.3 Å². The van der Waals surface area contributed by atoms with Crippen LogP contribution in [-0.4, -0.2) is 65.2 Å². The fourth-order valence-electron chi connectivity index (χ4n) is 3.41. The number of benzene rings is 2. The first-order valence-corrected chi connectivity index (χ1v) is 13.8. The molecule has 0 radical (unpaired) electrons. The third kappa shape index (κ3) is 16.4. The molecule has 12 heteroatoms. The van der Waals surface area contributed by atoms with Crippen LogP contribution < -0.4 is 11.5 Å². The minimum atomic E-state index is -4.34. The van der Waals surface area contributed by atoms with Gasteiger partial charge in [0.25, 0.3) is 0 Å². The van der Waals surface area contributed by atoms with Crippen molar-refractivity contribution in [1.82, 2.24) is 0 Å². The number of hydrogen-bond donors (Lipinski definition) is 2. The van der Waals surface area contributed by atoms with Gasteiger partial charge in [-0.25, -0.2) is 0 Å². The molecule has 2 rings (SSSR count). The summed E-state index contributed by atoms with van der Waals surface area (Å²) in [6.45, 7) is 2.87. The SMILES string of the molecule is COCCCC/C(=N\OCCN)c1ccc(C(F)(F)F)cc1.COCCCC/C(=N\OCCN)c1ccc(Cl)cc1. The number of unbranched alkanes of at least 4 members (excludes halogenated alkanes) is 2. The molecule has 0 unspecified atom stereocenters. The number of halogens is 4. The van der Waals surface area contributed by atoms with E-state index < -0.39 is 11.7 Å². The minimum Gasteiger partial charge on any atom is -0.394 e. The van der Waals surface area contributed by atoms with Gasteiger partial charge in [0.1, 0.15) is 13.2 Å². The van der Waals surface area contributed by atoms with Crippen LogP contribution in [0.1, 0.15) is 55.2 Å². The number of nitrogens with zero attached hydrogens (tertiary/aromatic N) is 2. The van der Waals surface area contributed by atoms with Gasteiger partial charge in [-0.3, -0.25) is 0 Å². The summed E-state index contributed by atoms with van der Waals surface area (Å²) in [6.07, 6.45) is 0.743. The lowest BCUT2D eigenvalue weighted by Crippen LogP contribution is -2.09. The molecule has 0 saturated heterocycles. The molecule has 0 fully saturated rings. The van der Waals surface area contributed by atoms with E-state index in [0.717, 1.165) is 62.1 Å². The molecular weight excluding hydrogens is 561 g/mol. The summed E-state index contributed by atoms with van der Waals surface area (Å²) in [5.74, 6) is 0. The topological polar surface area (TPSA) is 114 Å². The van der Waals surface area contributed by atoms with E-state index in [9.17, 15) is 13.2 Å². The van der Waals surface area contributed by atoms with Gasteiger partial charge in [-0.15, -0.1) is 0 Å². The lowest BCUT2D eigenvalue weighted by molar-refractivity contribution is -0.137. The smallest absolute Gasteiger partial charge is 0.394 e. The van der Waals surface area contributed by atoms with E-state index in [0.29, 0.717) is 49.0 Å². The quantitative estimate of drug-likeness (QED) is 0.122. The molecule has 2 aromatic carbocycles. The van der Waals surface area contributed by atoms with Crippen LogP contribution in [0.3, 0.4) is 0 Å². The fourth-order valence-corrected chi connectivity index (χ4v) is 3.54. The van der Waals surface area contributed by atoms with Crippen LogP contribution in [-0.2, 0) is 25.3 Å². The molecule has 41 heavy (non-hydrogen) atoms. The molecule has 0 bridgehead atoms. The molecule has 0 heterocycles. The first-order valence-electron chi connectivity index (χ1n) is 13.5. The molecule has 0 aliphatic carbocycles. The third-order valence-corrected chi connectivity index (χ3v) is 5.77. The van der Waals surface area contributed by atoms with Crippen LogP contribution in [0, 0.1) is 0 Å². The number of oxime groups is 2. The Morgan fingerprint density at radius 1 is 0.683 bits per heavy atom. The van der Waals surface area contributed by atoms with E-state index in [-0.39, 0.29) is 6.61 Å². The molecule has 0 atom stereocenters. The summed E-state index contributed by atoms with van der Waals surface area (Å²) in [7, 11) is 3.33. The second-order valence-electron chi connectivity index (χ2n) is 8.80. The summed E-state index contributed by atoms with van der Waals surface area (Å²) in [5.41, 5.74) is 13.2. The van der Waals surface area contributed by atoms with Crippen LogP contribution in [0.15, 0.2) is 58.8 Å². The van der Waals surface area contributed by atoms with Crippen molar-refractivity contribution in [2.75, 3.05) is 53.7 Å². The molecular formula is C29H42ClF3N4O4. The van der Waals surface area contributed by atoms with E-state index in [1.165, 1.54) is 12.1 Å². The highest BCUT2D eigenvalue weighted by atomic mass is 35.5. The zero-order valence-electron chi connectivity index (χ0n) is 23.8. The maximum atomic E-state index is 12.6. The Labute approximate surface area is 245 Å². The summed E-state index contributed by atoms with van der Waals surface area (Å²) in [6, 6.07) is 12.5. The van der Waals surface area contributed by atoms with Gasteiger partial charge in [0.15, 0.2) is 0 Å². The number of methoxy groups -OCH3 is 2. The van der Waals surface area contributed by atoms with Gasteiger partial charge in [0, 0.05) is 45.5 Å². The van der Waals surface area contributed by atoms with E-state index in [1.54, 1.807) is 14.2 Å². The van der Waals surface area contributed by atoms with E-state index in [1.807, 2.05) is 24.3 Å². The summed E-state index contributed by atoms with van der Waals surface area (Å²) >= 11 is 5.88. The van der Waals surface area contributed by atoms with Gasteiger partial charge in [-0.2, -0.15) is 13.2 Å². The largest absolute Gasteiger partial charge is 0.416 e. The molecule has 0 aromatic heterocycles. The van der Waals surface area contributed by atoms with Crippen molar-refractivity contribution in [2.45, 2.75) is 44.7 Å². The zero-order valence-corrected chi connectivity index (χ0v) is 24.6.